The Morgan fingerprint density at radius 2 is 1.61 bits per heavy atom. The number of methoxy groups -OCH3 is 1. The van der Waals surface area contributed by atoms with Crippen LogP contribution in [0.15, 0.2) is 36.4 Å². The molecule has 0 spiro atoms. The van der Waals surface area contributed by atoms with E-state index < -0.39 is 60.4 Å². The fourth-order valence-electron chi connectivity index (χ4n) is 3.84. The van der Waals surface area contributed by atoms with Gasteiger partial charge in [-0.05, 0) is 43.2 Å². The first-order valence-electron chi connectivity index (χ1n) is 12.5. The van der Waals surface area contributed by atoms with Crippen LogP contribution in [0.4, 0.5) is 0 Å². The van der Waals surface area contributed by atoms with Crippen molar-refractivity contribution in [2.24, 2.45) is 5.92 Å². The van der Waals surface area contributed by atoms with Crippen molar-refractivity contribution < 1.29 is 38.6 Å². The molecule has 0 bridgehead atoms. The lowest BCUT2D eigenvalue weighted by Crippen LogP contribution is -2.55. The number of carbonyl (C=O) groups excluding carboxylic acids is 5. The largest absolute Gasteiger partial charge is 0.496 e. The van der Waals surface area contributed by atoms with Crippen molar-refractivity contribution in [2.45, 2.75) is 45.7 Å². The summed E-state index contributed by atoms with van der Waals surface area (Å²) < 4.78 is 5.27. The van der Waals surface area contributed by atoms with Crippen LogP contribution in [0.5, 0.6) is 5.75 Å². The average molecular weight is 608 g/mol. The summed E-state index contributed by atoms with van der Waals surface area (Å²) in [6.45, 7) is 4.08. The number of carboxylic acids is 1. The Labute approximate surface area is 246 Å². The van der Waals surface area contributed by atoms with Crippen molar-refractivity contribution in [1.82, 2.24) is 16.0 Å². The first-order chi connectivity index (χ1) is 19.2. The number of Topliss-reactive ketones (excluding diaryl/α,β-unsaturated/α-hetero) is 2. The molecular formula is C28H31Cl2N3O8. The van der Waals surface area contributed by atoms with E-state index in [0.29, 0.717) is 16.9 Å². The molecule has 0 saturated carbocycles. The van der Waals surface area contributed by atoms with Gasteiger partial charge in [-0.25, -0.2) is 0 Å². The van der Waals surface area contributed by atoms with Gasteiger partial charge in [0.15, 0.2) is 11.6 Å². The third-order valence-electron chi connectivity index (χ3n) is 6.00. The van der Waals surface area contributed by atoms with E-state index in [4.69, 9.17) is 27.9 Å². The van der Waals surface area contributed by atoms with Gasteiger partial charge in [0.05, 0.1) is 48.1 Å². The Morgan fingerprint density at radius 3 is 2.15 bits per heavy atom. The summed E-state index contributed by atoms with van der Waals surface area (Å²) in [7, 11) is 1.42. The molecule has 4 N–H and O–H groups in total. The maximum atomic E-state index is 13.1. The number of aliphatic carboxylic acids is 1. The number of carboxylic acid groups (broad SMARTS) is 1. The molecule has 0 radical (unpaired) electrons. The van der Waals surface area contributed by atoms with Crippen LogP contribution in [-0.2, 0) is 25.6 Å². The van der Waals surface area contributed by atoms with Gasteiger partial charge in [0, 0.05) is 11.1 Å². The summed E-state index contributed by atoms with van der Waals surface area (Å²) >= 11 is 12.0. The SMILES string of the molecule is COc1ccc(C(C)=O)cc1CC(=O)N[C@H](C(=O)N[C@@H](CC(=O)O)C(=O)CNC(=O)c1c(Cl)cccc1Cl)C(C)C. The summed E-state index contributed by atoms with van der Waals surface area (Å²) in [5, 5.41) is 16.7. The van der Waals surface area contributed by atoms with Crippen LogP contribution in [0.25, 0.3) is 0 Å². The molecule has 2 rings (SSSR count). The number of carbonyl (C=O) groups is 6. The van der Waals surface area contributed by atoms with Gasteiger partial charge < -0.3 is 25.8 Å². The first-order valence-corrected chi connectivity index (χ1v) is 13.2. The number of amides is 3. The van der Waals surface area contributed by atoms with Gasteiger partial charge in [-0.1, -0.05) is 43.1 Å². The topological polar surface area (TPSA) is 168 Å². The van der Waals surface area contributed by atoms with Gasteiger partial charge in [-0.2, -0.15) is 0 Å². The van der Waals surface area contributed by atoms with Crippen molar-refractivity contribution in [3.63, 3.8) is 0 Å². The van der Waals surface area contributed by atoms with E-state index in [2.05, 4.69) is 16.0 Å². The normalized spacial score (nSPS) is 12.2. The van der Waals surface area contributed by atoms with Gasteiger partial charge in [0.2, 0.25) is 11.8 Å². The van der Waals surface area contributed by atoms with Gasteiger partial charge in [-0.3, -0.25) is 28.8 Å². The van der Waals surface area contributed by atoms with E-state index in [1.54, 1.807) is 26.0 Å². The van der Waals surface area contributed by atoms with E-state index in [0.717, 1.165) is 0 Å². The van der Waals surface area contributed by atoms with Crippen molar-refractivity contribution in [3.05, 3.63) is 63.1 Å². The summed E-state index contributed by atoms with van der Waals surface area (Å²) in [6.07, 6.45) is -0.976. The van der Waals surface area contributed by atoms with Crippen molar-refractivity contribution in [1.29, 1.82) is 0 Å². The monoisotopic (exact) mass is 607 g/mol. The van der Waals surface area contributed by atoms with Crippen LogP contribution < -0.4 is 20.7 Å². The minimum Gasteiger partial charge on any atom is -0.496 e. The van der Waals surface area contributed by atoms with Crippen LogP contribution >= 0.6 is 23.2 Å². The fraction of sp³-hybridized carbons (Fsp3) is 0.357. The Bertz CT molecular complexity index is 1330. The number of ketones is 2. The van der Waals surface area contributed by atoms with Gasteiger partial charge in [0.25, 0.3) is 5.91 Å². The smallest absolute Gasteiger partial charge is 0.305 e. The molecule has 0 aliphatic carbocycles. The van der Waals surface area contributed by atoms with E-state index in [1.165, 1.54) is 38.3 Å². The molecule has 41 heavy (non-hydrogen) atoms. The van der Waals surface area contributed by atoms with E-state index in [-0.39, 0.29) is 27.8 Å². The van der Waals surface area contributed by atoms with Crippen molar-refractivity contribution >= 4 is 58.5 Å². The molecule has 0 saturated heterocycles. The zero-order valence-corrected chi connectivity index (χ0v) is 24.4. The molecule has 0 aliphatic rings. The highest BCUT2D eigenvalue weighted by molar-refractivity contribution is 6.39. The van der Waals surface area contributed by atoms with E-state index >= 15 is 0 Å². The predicted octanol–water partition coefficient (Wildman–Crippen LogP) is 2.85. The standard InChI is InChI=1S/C28H31Cl2N3O8/c1-14(2)26(33-23(36)11-17-10-16(15(3)34)8-9-22(17)41-4)28(40)32-20(12-24(37)38)21(35)13-31-27(39)25-18(29)6-5-7-19(25)30/h5-10,14,20,26H,11-13H2,1-4H3,(H,31,39)(H,32,40)(H,33,36)(H,37,38)/t20-,26-/m0/s1. The molecule has 2 aromatic carbocycles. The number of benzene rings is 2. The van der Waals surface area contributed by atoms with E-state index in [9.17, 15) is 33.9 Å². The second kappa shape index (κ2) is 15.2. The van der Waals surface area contributed by atoms with Crippen molar-refractivity contribution in [2.75, 3.05) is 13.7 Å². The Balaban J connectivity index is 2.13. The molecular weight excluding hydrogens is 577 g/mol. The third-order valence-corrected chi connectivity index (χ3v) is 6.63. The number of nitrogens with one attached hydrogen (secondary N) is 3. The van der Waals surface area contributed by atoms with Crippen LogP contribution in [-0.4, -0.2) is 66.1 Å². The molecule has 0 unspecified atom stereocenters. The summed E-state index contributed by atoms with van der Waals surface area (Å²) in [5.74, 6) is -4.56. The summed E-state index contributed by atoms with van der Waals surface area (Å²) in [6, 6.07) is 6.43. The Hall–Kier alpha value is -3.96. The second-order valence-electron chi connectivity index (χ2n) is 9.45. The molecule has 13 heteroatoms. The molecule has 0 fully saturated rings. The lowest BCUT2D eigenvalue weighted by molar-refractivity contribution is -0.140. The minimum absolute atomic E-state index is 0.0546. The number of halogens is 2. The number of hydrogen-bond donors (Lipinski definition) is 4. The average Bonchev–Trinajstić information content (AvgIpc) is 2.89. The van der Waals surface area contributed by atoms with Crippen LogP contribution in [0.3, 0.4) is 0 Å². The Kier molecular flexibility index (Phi) is 12.3. The molecule has 2 aromatic rings. The highest BCUT2D eigenvalue weighted by Crippen LogP contribution is 2.24. The molecule has 3 amide bonds. The highest BCUT2D eigenvalue weighted by atomic mass is 35.5. The van der Waals surface area contributed by atoms with Gasteiger partial charge >= 0.3 is 5.97 Å². The van der Waals surface area contributed by atoms with Gasteiger partial charge in [0.1, 0.15) is 11.8 Å². The minimum atomic E-state index is -1.51. The quantitative estimate of drug-likeness (QED) is 0.238. The lowest BCUT2D eigenvalue weighted by atomic mass is 10.00. The van der Waals surface area contributed by atoms with E-state index in [1.807, 2.05) is 0 Å². The number of rotatable bonds is 14. The van der Waals surface area contributed by atoms with Gasteiger partial charge in [-0.15, -0.1) is 0 Å². The van der Waals surface area contributed by atoms with Crippen molar-refractivity contribution in [3.8, 4) is 5.75 Å². The van der Waals surface area contributed by atoms with Crippen LogP contribution in [0.1, 0.15) is 53.5 Å². The highest BCUT2D eigenvalue weighted by Gasteiger charge is 2.30. The predicted molar refractivity (Wildman–Crippen MR) is 151 cm³/mol. The fourth-order valence-corrected chi connectivity index (χ4v) is 4.41. The summed E-state index contributed by atoms with van der Waals surface area (Å²) in [4.78, 5) is 74.6. The maximum absolute atomic E-state index is 13.1. The molecule has 0 aliphatic heterocycles. The number of hydrogen-bond acceptors (Lipinski definition) is 7. The molecule has 2 atom stereocenters. The number of ether oxygens (including phenoxy) is 1. The second-order valence-corrected chi connectivity index (χ2v) is 10.3. The molecule has 220 valence electrons. The molecule has 0 aromatic heterocycles. The zero-order valence-electron chi connectivity index (χ0n) is 22.9. The lowest BCUT2D eigenvalue weighted by Gasteiger charge is -2.25. The Morgan fingerprint density at radius 1 is 0.976 bits per heavy atom. The molecule has 0 heterocycles. The van der Waals surface area contributed by atoms with Crippen LogP contribution in [0.2, 0.25) is 10.0 Å². The summed E-state index contributed by atoms with van der Waals surface area (Å²) in [5.41, 5.74) is 0.745. The zero-order chi connectivity index (χ0) is 30.9. The maximum Gasteiger partial charge on any atom is 0.305 e. The third kappa shape index (κ3) is 9.58. The first kappa shape index (κ1) is 33.2. The molecule has 11 nitrogen and oxygen atoms in total. The van der Waals surface area contributed by atoms with Crippen LogP contribution in [0, 0.1) is 5.92 Å².